The average molecular weight is 394 g/mol. The van der Waals surface area contributed by atoms with E-state index in [-0.39, 0.29) is 46.3 Å². The normalized spacial score (nSPS) is 10.0. The van der Waals surface area contributed by atoms with Gasteiger partial charge in [-0.25, -0.2) is 9.13 Å². The average Bonchev–Trinajstić information content (AvgIpc) is 2.86. The number of imidazole rings is 1. The summed E-state index contributed by atoms with van der Waals surface area (Å²) in [6.45, 7) is 1.26. The van der Waals surface area contributed by atoms with E-state index >= 15 is 0 Å². The molecule has 0 aliphatic heterocycles. The third-order valence-electron chi connectivity index (χ3n) is 2.95. The smallest absolute Gasteiger partial charge is 0.292 e. The summed E-state index contributed by atoms with van der Waals surface area (Å²) in [6.07, 6.45) is 5.17. The van der Waals surface area contributed by atoms with Gasteiger partial charge in [0.25, 0.3) is 5.91 Å². The molecule has 0 aliphatic rings. The monoisotopic (exact) mass is 392 g/mol. The molecule has 10 heteroatoms. The zero-order valence-electron chi connectivity index (χ0n) is 12.8. The lowest BCUT2D eigenvalue weighted by Crippen LogP contribution is -3.00. The van der Waals surface area contributed by atoms with E-state index < -0.39 is 5.91 Å². The SMILES string of the molecule is CC(=O)Nc1c(Cl)cc(N(O)C(=O)Cn2cc[n+](C)c2)cc1Cl.[Cl-]. The number of rotatable bonds is 4. The van der Waals surface area contributed by atoms with E-state index in [2.05, 4.69) is 5.32 Å². The second-order valence-electron chi connectivity index (χ2n) is 4.92. The third-order valence-corrected chi connectivity index (χ3v) is 3.55. The molecule has 24 heavy (non-hydrogen) atoms. The lowest BCUT2D eigenvalue weighted by Gasteiger charge is -2.16. The van der Waals surface area contributed by atoms with Gasteiger partial charge in [-0.2, -0.15) is 5.06 Å². The standard InChI is InChI=1S/C14H14Cl2N4O3.ClH/c1-9(21)17-14-11(15)5-10(6-12(14)16)20(23)13(22)7-19-4-3-18(2)8-19;/h3-6,8,23H,7H2,1-2H3;1H. The summed E-state index contributed by atoms with van der Waals surface area (Å²) < 4.78 is 3.38. The Labute approximate surface area is 154 Å². The van der Waals surface area contributed by atoms with Crippen LogP contribution in [0.3, 0.4) is 0 Å². The summed E-state index contributed by atoms with van der Waals surface area (Å²) in [4.78, 5) is 23.2. The van der Waals surface area contributed by atoms with Crippen molar-refractivity contribution in [1.29, 1.82) is 0 Å². The highest BCUT2D eigenvalue weighted by molar-refractivity contribution is 6.40. The minimum atomic E-state index is -0.569. The number of hydroxylamine groups is 1. The van der Waals surface area contributed by atoms with Crippen LogP contribution in [0.5, 0.6) is 0 Å². The third kappa shape index (κ3) is 4.85. The Hall–Kier alpha value is -1.80. The zero-order valence-corrected chi connectivity index (χ0v) is 15.1. The highest BCUT2D eigenvalue weighted by atomic mass is 35.5. The molecule has 1 aromatic heterocycles. The fourth-order valence-electron chi connectivity index (χ4n) is 1.94. The number of aryl methyl sites for hydroxylation is 1. The fourth-order valence-corrected chi connectivity index (χ4v) is 2.51. The molecule has 0 aliphatic carbocycles. The first-order valence-corrected chi connectivity index (χ1v) is 7.33. The van der Waals surface area contributed by atoms with Gasteiger partial charge < -0.3 is 17.7 Å². The van der Waals surface area contributed by atoms with Crippen LogP contribution in [0.1, 0.15) is 6.92 Å². The molecule has 0 saturated heterocycles. The van der Waals surface area contributed by atoms with E-state index in [1.54, 1.807) is 27.9 Å². The summed E-state index contributed by atoms with van der Waals surface area (Å²) in [7, 11) is 1.82. The van der Waals surface area contributed by atoms with Crippen molar-refractivity contribution < 1.29 is 31.8 Å². The van der Waals surface area contributed by atoms with E-state index in [0.717, 1.165) is 0 Å². The maximum absolute atomic E-state index is 12.1. The van der Waals surface area contributed by atoms with Gasteiger partial charge in [0.15, 0.2) is 6.54 Å². The van der Waals surface area contributed by atoms with Crippen LogP contribution in [0.25, 0.3) is 0 Å². The summed E-state index contributed by atoms with van der Waals surface area (Å²) >= 11 is 12.1. The van der Waals surface area contributed by atoms with Crippen LogP contribution in [0, 0.1) is 0 Å². The number of hydrogen-bond acceptors (Lipinski definition) is 3. The molecule has 2 amide bonds. The topological polar surface area (TPSA) is 78.5 Å². The first-order chi connectivity index (χ1) is 10.8. The summed E-state index contributed by atoms with van der Waals surface area (Å²) in [5, 5.41) is 13.2. The quantitative estimate of drug-likeness (QED) is 0.397. The molecule has 0 atom stereocenters. The zero-order chi connectivity index (χ0) is 17.1. The van der Waals surface area contributed by atoms with Gasteiger partial charge in [0.1, 0.15) is 12.4 Å². The number of benzene rings is 1. The molecule has 0 bridgehead atoms. The minimum Gasteiger partial charge on any atom is -1.00 e. The molecule has 0 unspecified atom stereocenters. The Bertz CT molecular complexity index is 740. The van der Waals surface area contributed by atoms with Gasteiger partial charge in [0, 0.05) is 6.92 Å². The maximum atomic E-state index is 12.1. The van der Waals surface area contributed by atoms with Gasteiger partial charge in [-0.15, -0.1) is 0 Å². The minimum absolute atomic E-state index is 0. The van der Waals surface area contributed by atoms with Gasteiger partial charge in [-0.1, -0.05) is 23.2 Å². The largest absolute Gasteiger partial charge is 1.00 e. The van der Waals surface area contributed by atoms with Crippen molar-refractivity contribution in [3.8, 4) is 0 Å². The highest BCUT2D eigenvalue weighted by Crippen LogP contribution is 2.35. The molecule has 2 rings (SSSR count). The van der Waals surface area contributed by atoms with Gasteiger partial charge in [0.05, 0.1) is 28.5 Å². The maximum Gasteiger partial charge on any atom is 0.292 e. The lowest BCUT2D eigenvalue weighted by atomic mass is 10.2. The van der Waals surface area contributed by atoms with Crippen molar-refractivity contribution in [3.63, 3.8) is 0 Å². The molecule has 7 nitrogen and oxygen atoms in total. The van der Waals surface area contributed by atoms with E-state index in [1.165, 1.54) is 19.1 Å². The Kier molecular flexibility index (Phi) is 7.04. The van der Waals surface area contributed by atoms with Crippen LogP contribution in [0.15, 0.2) is 30.9 Å². The molecular formula is C14H15Cl3N4O3. The molecule has 130 valence electrons. The lowest BCUT2D eigenvalue weighted by molar-refractivity contribution is -0.671. The number of nitrogens with zero attached hydrogens (tertiary/aromatic N) is 3. The molecule has 1 aromatic carbocycles. The van der Waals surface area contributed by atoms with Crippen molar-refractivity contribution in [3.05, 3.63) is 40.9 Å². The van der Waals surface area contributed by atoms with Gasteiger partial charge in [0.2, 0.25) is 12.2 Å². The first kappa shape index (κ1) is 20.2. The van der Waals surface area contributed by atoms with Crippen LogP contribution < -0.4 is 27.4 Å². The van der Waals surface area contributed by atoms with Crippen molar-refractivity contribution in [2.75, 3.05) is 10.4 Å². The summed E-state index contributed by atoms with van der Waals surface area (Å²) in [5.74, 6) is -0.903. The molecule has 2 aromatic rings. The molecule has 0 spiro atoms. The summed E-state index contributed by atoms with van der Waals surface area (Å²) in [6, 6.07) is 2.68. The summed E-state index contributed by atoms with van der Waals surface area (Å²) in [5.41, 5.74) is 0.332. The van der Waals surface area contributed by atoms with E-state index in [1.807, 2.05) is 7.05 Å². The van der Waals surface area contributed by atoms with Crippen molar-refractivity contribution in [2.45, 2.75) is 13.5 Å². The first-order valence-electron chi connectivity index (χ1n) is 6.57. The Balaban J connectivity index is 0.00000288. The highest BCUT2D eigenvalue weighted by Gasteiger charge is 2.19. The van der Waals surface area contributed by atoms with Crippen LogP contribution in [-0.4, -0.2) is 21.6 Å². The van der Waals surface area contributed by atoms with E-state index in [0.29, 0.717) is 5.06 Å². The molecule has 2 N–H and O–H groups in total. The number of hydrogen-bond donors (Lipinski definition) is 2. The molecule has 0 fully saturated rings. The Morgan fingerprint density at radius 2 is 1.92 bits per heavy atom. The predicted molar refractivity (Wildman–Crippen MR) is 85.6 cm³/mol. The van der Waals surface area contributed by atoms with Crippen LogP contribution >= 0.6 is 23.2 Å². The second-order valence-corrected chi connectivity index (χ2v) is 5.74. The molecule has 0 radical (unpaired) electrons. The Morgan fingerprint density at radius 1 is 1.33 bits per heavy atom. The number of carbonyl (C=O) groups excluding carboxylic acids is 2. The van der Waals surface area contributed by atoms with Gasteiger partial charge in [-0.05, 0) is 12.1 Å². The van der Waals surface area contributed by atoms with Crippen molar-refractivity contribution in [2.24, 2.45) is 7.05 Å². The number of nitrogens with one attached hydrogen (secondary N) is 1. The van der Waals surface area contributed by atoms with Crippen molar-refractivity contribution in [1.82, 2.24) is 4.57 Å². The van der Waals surface area contributed by atoms with Crippen LogP contribution in [0.4, 0.5) is 11.4 Å². The fraction of sp³-hybridized carbons (Fsp3) is 0.214. The predicted octanol–water partition coefficient (Wildman–Crippen LogP) is -0.996. The number of aromatic nitrogens is 2. The molecule has 0 saturated carbocycles. The molecular weight excluding hydrogens is 379 g/mol. The number of carbonyl (C=O) groups is 2. The number of anilines is 2. The number of halogens is 3. The van der Waals surface area contributed by atoms with E-state index in [4.69, 9.17) is 23.2 Å². The van der Waals surface area contributed by atoms with Crippen LogP contribution in [-0.2, 0) is 23.2 Å². The van der Waals surface area contributed by atoms with Crippen LogP contribution in [0.2, 0.25) is 10.0 Å². The van der Waals surface area contributed by atoms with Gasteiger partial charge in [-0.3, -0.25) is 14.8 Å². The Morgan fingerprint density at radius 3 is 2.38 bits per heavy atom. The molecule has 1 heterocycles. The number of amides is 2. The van der Waals surface area contributed by atoms with Crippen molar-refractivity contribution >= 4 is 46.4 Å². The second kappa shape index (κ2) is 8.34. The van der Waals surface area contributed by atoms with Gasteiger partial charge >= 0.3 is 0 Å². The van der Waals surface area contributed by atoms with E-state index in [9.17, 15) is 14.8 Å².